The zero-order valence-electron chi connectivity index (χ0n) is 16.0. The van der Waals surface area contributed by atoms with Gasteiger partial charge in [-0.2, -0.15) is 4.31 Å². The van der Waals surface area contributed by atoms with Crippen molar-refractivity contribution >= 4 is 21.8 Å². The third-order valence-corrected chi connectivity index (χ3v) is 6.94. The molecule has 1 aromatic carbocycles. The molecule has 2 amide bonds. The molecule has 0 radical (unpaired) electrons. The summed E-state index contributed by atoms with van der Waals surface area (Å²) in [5, 5.41) is 2.81. The number of nitrogens with one attached hydrogen (secondary N) is 1. The van der Waals surface area contributed by atoms with Crippen LogP contribution in [0.15, 0.2) is 41.4 Å². The van der Waals surface area contributed by atoms with Gasteiger partial charge in [0, 0.05) is 38.8 Å². The summed E-state index contributed by atoms with van der Waals surface area (Å²) in [6.45, 7) is 0.701. The molecule has 3 rings (SSSR count). The van der Waals surface area contributed by atoms with E-state index in [9.17, 15) is 22.4 Å². The summed E-state index contributed by atoms with van der Waals surface area (Å²) in [5.41, 5.74) is 6.14. The van der Waals surface area contributed by atoms with Crippen LogP contribution in [-0.4, -0.2) is 42.2 Å². The fraction of sp³-hybridized carbons (Fsp3) is 0.368. The van der Waals surface area contributed by atoms with Gasteiger partial charge in [0.05, 0.1) is 0 Å². The number of rotatable bonds is 6. The van der Waals surface area contributed by atoms with Gasteiger partial charge >= 0.3 is 0 Å². The minimum Gasteiger partial charge on any atom is -0.364 e. The van der Waals surface area contributed by atoms with Gasteiger partial charge in [0.2, 0.25) is 15.9 Å². The Hall–Kier alpha value is -2.72. The van der Waals surface area contributed by atoms with E-state index in [4.69, 9.17) is 5.73 Å². The molecule has 1 aliphatic heterocycles. The minimum atomic E-state index is -3.77. The molecule has 0 spiro atoms. The van der Waals surface area contributed by atoms with Crippen LogP contribution in [0.4, 0.5) is 4.39 Å². The van der Waals surface area contributed by atoms with E-state index in [0.717, 1.165) is 5.56 Å². The molecule has 2 heterocycles. The van der Waals surface area contributed by atoms with Crippen molar-refractivity contribution in [3.8, 4) is 0 Å². The molecule has 0 atom stereocenters. The molecular weight excluding hydrogens is 399 g/mol. The summed E-state index contributed by atoms with van der Waals surface area (Å²) in [4.78, 5) is 23.8. The number of hydrogen-bond donors (Lipinski definition) is 2. The highest BCUT2D eigenvalue weighted by molar-refractivity contribution is 7.89. The maximum absolute atomic E-state index is 12.9. The van der Waals surface area contributed by atoms with Gasteiger partial charge in [-0.25, -0.2) is 12.8 Å². The van der Waals surface area contributed by atoms with Crippen molar-refractivity contribution in [1.82, 2.24) is 14.2 Å². The molecule has 0 saturated carbocycles. The first kappa shape index (κ1) is 21.0. The number of carbonyl (C=O) groups is 2. The molecule has 0 unspecified atom stereocenters. The summed E-state index contributed by atoms with van der Waals surface area (Å²) in [6, 6.07) is 7.13. The molecule has 29 heavy (non-hydrogen) atoms. The standard InChI is InChI=1S/C19H23FN4O4S/c1-23-12-16(10-17(23)18(21)25)29(27,28)24-8-6-14(7-9-24)19(26)22-11-13-2-4-15(20)5-3-13/h2-5,10,12,14H,6-9,11H2,1H3,(H2,21,25)(H,22,26). The number of aryl methyl sites for hydroxylation is 1. The predicted octanol–water partition coefficient (Wildman–Crippen LogP) is 0.980. The SMILES string of the molecule is Cn1cc(S(=O)(=O)N2CCC(C(=O)NCc3ccc(F)cc3)CC2)cc1C(N)=O. The highest BCUT2D eigenvalue weighted by atomic mass is 32.2. The molecule has 8 nitrogen and oxygen atoms in total. The number of benzene rings is 1. The van der Waals surface area contributed by atoms with Crippen molar-refractivity contribution in [2.75, 3.05) is 13.1 Å². The summed E-state index contributed by atoms with van der Waals surface area (Å²) in [7, 11) is -2.22. The van der Waals surface area contributed by atoms with Crippen LogP contribution in [0.2, 0.25) is 0 Å². The van der Waals surface area contributed by atoms with Gasteiger partial charge in [-0.3, -0.25) is 9.59 Å². The van der Waals surface area contributed by atoms with Crippen LogP contribution in [0.1, 0.15) is 28.9 Å². The molecule has 1 fully saturated rings. The number of nitrogens with zero attached hydrogens (tertiary/aromatic N) is 2. The first-order valence-electron chi connectivity index (χ1n) is 9.17. The summed E-state index contributed by atoms with van der Waals surface area (Å²) < 4.78 is 41.3. The average Bonchev–Trinajstić information content (AvgIpc) is 3.10. The number of halogens is 1. The number of piperidine rings is 1. The summed E-state index contributed by atoms with van der Waals surface area (Å²) in [5.74, 6) is -1.48. The number of primary amides is 1. The van der Waals surface area contributed by atoms with Crippen LogP contribution < -0.4 is 11.1 Å². The Morgan fingerprint density at radius 3 is 2.38 bits per heavy atom. The Balaban J connectivity index is 1.57. The average molecular weight is 422 g/mol. The van der Waals surface area contributed by atoms with Crippen LogP contribution in [0.5, 0.6) is 0 Å². The molecule has 0 aliphatic carbocycles. The van der Waals surface area contributed by atoms with Crippen LogP contribution in [-0.2, 0) is 28.4 Å². The Morgan fingerprint density at radius 2 is 1.83 bits per heavy atom. The lowest BCUT2D eigenvalue weighted by Gasteiger charge is -2.30. The minimum absolute atomic E-state index is 0.00742. The van der Waals surface area contributed by atoms with E-state index >= 15 is 0 Å². The van der Waals surface area contributed by atoms with Gasteiger partial charge < -0.3 is 15.6 Å². The van der Waals surface area contributed by atoms with E-state index in [1.807, 2.05) is 0 Å². The normalized spacial score (nSPS) is 15.9. The van der Waals surface area contributed by atoms with Gasteiger partial charge in [-0.1, -0.05) is 12.1 Å². The van der Waals surface area contributed by atoms with E-state index in [0.29, 0.717) is 12.8 Å². The fourth-order valence-electron chi connectivity index (χ4n) is 3.36. The first-order valence-corrected chi connectivity index (χ1v) is 10.6. The van der Waals surface area contributed by atoms with Crippen molar-refractivity contribution in [1.29, 1.82) is 0 Å². The Kier molecular flexibility index (Phi) is 6.04. The van der Waals surface area contributed by atoms with Gasteiger partial charge in [0.25, 0.3) is 5.91 Å². The van der Waals surface area contributed by atoms with Crippen LogP contribution in [0.3, 0.4) is 0 Å². The van der Waals surface area contributed by atoms with Gasteiger partial charge in [0.15, 0.2) is 0 Å². The third kappa shape index (κ3) is 4.65. The molecule has 2 aromatic rings. The quantitative estimate of drug-likeness (QED) is 0.722. The molecule has 1 aliphatic rings. The third-order valence-electron chi connectivity index (χ3n) is 5.07. The van der Waals surface area contributed by atoms with Crippen molar-refractivity contribution in [3.63, 3.8) is 0 Å². The van der Waals surface area contributed by atoms with E-state index < -0.39 is 15.9 Å². The Bertz CT molecular complexity index is 1010. The lowest BCUT2D eigenvalue weighted by atomic mass is 9.97. The van der Waals surface area contributed by atoms with Gasteiger partial charge in [-0.05, 0) is 36.6 Å². The highest BCUT2D eigenvalue weighted by Crippen LogP contribution is 2.25. The largest absolute Gasteiger partial charge is 0.364 e. The molecule has 1 aromatic heterocycles. The van der Waals surface area contributed by atoms with Crippen molar-refractivity contribution < 1.29 is 22.4 Å². The van der Waals surface area contributed by atoms with E-state index in [1.165, 1.54) is 33.3 Å². The Morgan fingerprint density at radius 1 is 1.21 bits per heavy atom. The lowest BCUT2D eigenvalue weighted by Crippen LogP contribution is -2.42. The van der Waals surface area contributed by atoms with Crippen molar-refractivity contribution in [2.24, 2.45) is 18.7 Å². The maximum atomic E-state index is 12.9. The van der Waals surface area contributed by atoms with E-state index in [1.54, 1.807) is 19.2 Å². The van der Waals surface area contributed by atoms with Crippen LogP contribution in [0, 0.1) is 11.7 Å². The van der Waals surface area contributed by atoms with Gasteiger partial charge in [-0.15, -0.1) is 0 Å². The maximum Gasteiger partial charge on any atom is 0.265 e. The van der Waals surface area contributed by atoms with Crippen LogP contribution >= 0.6 is 0 Å². The number of amides is 2. The second kappa shape index (κ2) is 8.34. The molecular formula is C19H23FN4O4S. The lowest BCUT2D eigenvalue weighted by molar-refractivity contribution is -0.126. The van der Waals surface area contributed by atoms with E-state index in [-0.39, 0.29) is 47.9 Å². The highest BCUT2D eigenvalue weighted by Gasteiger charge is 2.33. The van der Waals surface area contributed by atoms with Crippen molar-refractivity contribution in [3.05, 3.63) is 53.6 Å². The summed E-state index contributed by atoms with van der Waals surface area (Å²) in [6.07, 6.45) is 2.14. The zero-order valence-corrected chi connectivity index (χ0v) is 16.8. The second-order valence-electron chi connectivity index (χ2n) is 7.06. The first-order chi connectivity index (χ1) is 13.7. The number of carbonyl (C=O) groups excluding carboxylic acids is 2. The molecule has 156 valence electrons. The fourth-order valence-corrected chi connectivity index (χ4v) is 4.90. The second-order valence-corrected chi connectivity index (χ2v) is 9.00. The number of aromatic nitrogens is 1. The molecule has 3 N–H and O–H groups in total. The Labute approximate surface area is 168 Å². The molecule has 10 heteroatoms. The zero-order chi connectivity index (χ0) is 21.2. The number of nitrogens with two attached hydrogens (primary N) is 1. The number of sulfonamides is 1. The smallest absolute Gasteiger partial charge is 0.265 e. The summed E-state index contributed by atoms with van der Waals surface area (Å²) >= 11 is 0. The van der Waals surface area contributed by atoms with Crippen molar-refractivity contribution in [2.45, 2.75) is 24.3 Å². The molecule has 0 bridgehead atoms. The predicted molar refractivity (Wildman–Crippen MR) is 104 cm³/mol. The van der Waals surface area contributed by atoms with Gasteiger partial charge in [0.1, 0.15) is 16.4 Å². The topological polar surface area (TPSA) is 114 Å². The monoisotopic (exact) mass is 422 g/mol. The molecule has 1 saturated heterocycles. The van der Waals surface area contributed by atoms with Crippen LogP contribution in [0.25, 0.3) is 0 Å². The number of hydrogen-bond acceptors (Lipinski definition) is 4. The van der Waals surface area contributed by atoms with E-state index in [2.05, 4.69) is 5.32 Å².